The first-order valence-electron chi connectivity index (χ1n) is 9.99. The smallest absolute Gasteiger partial charge is 0.184 e. The van der Waals surface area contributed by atoms with Crippen molar-refractivity contribution >= 4 is 27.1 Å². The van der Waals surface area contributed by atoms with Crippen LogP contribution in [0.1, 0.15) is 29.9 Å². The maximum Gasteiger partial charge on any atom is 0.184 e. The predicted molar refractivity (Wildman–Crippen MR) is 119 cm³/mol. The van der Waals surface area contributed by atoms with Crippen molar-refractivity contribution < 1.29 is 12.8 Å². The molecule has 4 rings (SSSR count). The minimum Gasteiger partial charge on any atom is -0.370 e. The second-order valence-electron chi connectivity index (χ2n) is 7.64. The molecule has 0 radical (unpaired) electrons. The molecule has 0 atom stereocenters. The summed E-state index contributed by atoms with van der Waals surface area (Å²) < 4.78 is 40.6. The minimum atomic E-state index is -3.49. The normalized spacial score (nSPS) is 15.3. The fraction of sp³-hybridized carbons (Fsp3) is 0.250. The topological polar surface area (TPSA) is 37.4 Å². The second-order valence-corrected chi connectivity index (χ2v) is 10.0. The Morgan fingerprint density at radius 1 is 0.933 bits per heavy atom. The van der Waals surface area contributed by atoms with E-state index in [9.17, 15) is 12.8 Å². The van der Waals surface area contributed by atoms with Crippen LogP contribution in [0.4, 0.5) is 10.1 Å². The van der Waals surface area contributed by atoms with Crippen LogP contribution in [0.25, 0.3) is 0 Å². The summed E-state index contributed by atoms with van der Waals surface area (Å²) in [6.07, 6.45) is 1.51. The van der Waals surface area contributed by atoms with Gasteiger partial charge in [-0.3, -0.25) is 0 Å². The maximum absolute atomic E-state index is 14.3. The Morgan fingerprint density at radius 2 is 1.60 bits per heavy atom. The lowest BCUT2D eigenvalue weighted by Gasteiger charge is -2.35. The number of nitrogens with zero attached hydrogens (tertiary/aromatic N) is 1. The first-order valence-corrected chi connectivity index (χ1v) is 12.0. The number of para-hydroxylation sites is 1. The SMILES string of the molecule is O=S(=O)(Cc1ccccc1)c1ccccc1N1CCC(c2ccc(Cl)cc2F)CC1. The summed E-state index contributed by atoms with van der Waals surface area (Å²) in [6, 6.07) is 21.2. The molecule has 3 aromatic rings. The molecular weight excluding hydrogens is 421 g/mol. The molecule has 0 unspecified atom stereocenters. The highest BCUT2D eigenvalue weighted by molar-refractivity contribution is 7.90. The molecule has 3 aromatic carbocycles. The summed E-state index contributed by atoms with van der Waals surface area (Å²) in [7, 11) is -3.49. The van der Waals surface area contributed by atoms with E-state index in [1.54, 1.807) is 24.3 Å². The van der Waals surface area contributed by atoms with Crippen molar-refractivity contribution in [3.05, 3.63) is 94.8 Å². The summed E-state index contributed by atoms with van der Waals surface area (Å²) in [5.41, 5.74) is 2.18. The number of benzene rings is 3. The third kappa shape index (κ3) is 4.52. The molecule has 1 fully saturated rings. The summed E-state index contributed by atoms with van der Waals surface area (Å²) in [5, 5.41) is 0.395. The predicted octanol–water partition coefficient (Wildman–Crippen LogP) is 5.84. The Balaban J connectivity index is 1.53. The van der Waals surface area contributed by atoms with E-state index >= 15 is 0 Å². The lowest BCUT2D eigenvalue weighted by atomic mass is 9.89. The average Bonchev–Trinajstić information content (AvgIpc) is 2.74. The zero-order chi connectivity index (χ0) is 21.1. The molecule has 0 aromatic heterocycles. The average molecular weight is 444 g/mol. The van der Waals surface area contributed by atoms with Gasteiger partial charge < -0.3 is 4.90 Å². The van der Waals surface area contributed by atoms with E-state index < -0.39 is 9.84 Å². The number of rotatable bonds is 5. The molecule has 0 saturated carbocycles. The maximum atomic E-state index is 14.3. The minimum absolute atomic E-state index is 0.0305. The number of sulfone groups is 1. The van der Waals surface area contributed by atoms with Crippen LogP contribution in [0.2, 0.25) is 5.02 Å². The van der Waals surface area contributed by atoms with Crippen LogP contribution in [-0.4, -0.2) is 21.5 Å². The van der Waals surface area contributed by atoms with Crippen molar-refractivity contribution in [3.63, 3.8) is 0 Å². The van der Waals surface area contributed by atoms with Gasteiger partial charge in [-0.1, -0.05) is 60.1 Å². The van der Waals surface area contributed by atoms with Gasteiger partial charge in [-0.2, -0.15) is 0 Å². The fourth-order valence-corrected chi connectivity index (χ4v) is 5.86. The van der Waals surface area contributed by atoms with Crippen LogP contribution in [0.15, 0.2) is 77.7 Å². The fourth-order valence-electron chi connectivity index (χ4n) is 4.12. The van der Waals surface area contributed by atoms with Crippen LogP contribution in [0.3, 0.4) is 0 Å². The molecule has 30 heavy (non-hydrogen) atoms. The molecule has 0 bridgehead atoms. The van der Waals surface area contributed by atoms with Crippen LogP contribution < -0.4 is 4.90 Å². The van der Waals surface area contributed by atoms with Crippen molar-refractivity contribution in [2.45, 2.75) is 29.4 Å². The number of hydrogen-bond acceptors (Lipinski definition) is 3. The molecule has 1 aliphatic heterocycles. The van der Waals surface area contributed by atoms with Gasteiger partial charge in [0.25, 0.3) is 0 Å². The standard InChI is InChI=1S/C24H23ClFNO2S/c25-20-10-11-21(22(26)16-20)19-12-14-27(15-13-19)23-8-4-5-9-24(23)30(28,29)17-18-6-2-1-3-7-18/h1-11,16,19H,12-15,17H2. The highest BCUT2D eigenvalue weighted by atomic mass is 35.5. The van der Waals surface area contributed by atoms with E-state index in [-0.39, 0.29) is 17.5 Å². The van der Waals surface area contributed by atoms with Crippen LogP contribution in [0, 0.1) is 5.82 Å². The first-order chi connectivity index (χ1) is 14.4. The molecule has 0 amide bonds. The molecule has 0 N–H and O–H groups in total. The Bertz CT molecular complexity index is 1130. The largest absolute Gasteiger partial charge is 0.370 e. The number of anilines is 1. The number of piperidine rings is 1. The van der Waals surface area contributed by atoms with Gasteiger partial charge in [0.15, 0.2) is 9.84 Å². The lowest BCUT2D eigenvalue weighted by Crippen LogP contribution is -2.34. The van der Waals surface area contributed by atoms with Crippen molar-refractivity contribution in [2.24, 2.45) is 0 Å². The summed E-state index contributed by atoms with van der Waals surface area (Å²) in [4.78, 5) is 2.45. The van der Waals surface area contributed by atoms with Crippen molar-refractivity contribution in [1.29, 1.82) is 0 Å². The third-order valence-corrected chi connectivity index (χ3v) is 7.60. The van der Waals surface area contributed by atoms with Gasteiger partial charge in [-0.25, -0.2) is 12.8 Å². The van der Waals surface area contributed by atoms with Gasteiger partial charge in [0.05, 0.1) is 16.3 Å². The summed E-state index contributed by atoms with van der Waals surface area (Å²) >= 11 is 5.87. The Morgan fingerprint density at radius 3 is 2.30 bits per heavy atom. The Kier molecular flexibility index (Phi) is 6.11. The lowest BCUT2D eigenvalue weighted by molar-refractivity contribution is 0.480. The molecule has 6 heteroatoms. The van der Waals surface area contributed by atoms with Gasteiger partial charge in [0.2, 0.25) is 0 Å². The van der Waals surface area contributed by atoms with Crippen LogP contribution >= 0.6 is 11.6 Å². The molecule has 3 nitrogen and oxygen atoms in total. The van der Waals surface area contributed by atoms with Crippen molar-refractivity contribution in [2.75, 3.05) is 18.0 Å². The Hall–Kier alpha value is -2.37. The quantitative estimate of drug-likeness (QED) is 0.497. The summed E-state index contributed by atoms with van der Waals surface area (Å²) in [6.45, 7) is 1.34. The molecule has 0 aliphatic carbocycles. The molecular formula is C24H23ClFNO2S. The van der Waals surface area contributed by atoms with E-state index in [0.717, 1.165) is 24.1 Å². The van der Waals surface area contributed by atoms with E-state index in [1.165, 1.54) is 6.07 Å². The van der Waals surface area contributed by atoms with E-state index in [0.29, 0.717) is 28.6 Å². The van der Waals surface area contributed by atoms with Gasteiger partial charge >= 0.3 is 0 Å². The third-order valence-electron chi connectivity index (χ3n) is 5.64. The van der Waals surface area contributed by atoms with E-state index in [4.69, 9.17) is 11.6 Å². The molecule has 156 valence electrons. The van der Waals surface area contributed by atoms with Gasteiger partial charge in [0, 0.05) is 18.1 Å². The molecule has 0 spiro atoms. The van der Waals surface area contributed by atoms with Crippen molar-refractivity contribution in [1.82, 2.24) is 0 Å². The van der Waals surface area contributed by atoms with Gasteiger partial charge in [-0.05, 0) is 54.2 Å². The second kappa shape index (κ2) is 8.78. The van der Waals surface area contributed by atoms with E-state index in [2.05, 4.69) is 4.90 Å². The summed E-state index contributed by atoms with van der Waals surface area (Å²) in [5.74, 6) is -0.199. The first kappa shape index (κ1) is 20.9. The Labute approximate surface area is 182 Å². The highest BCUT2D eigenvalue weighted by Crippen LogP contribution is 2.35. The van der Waals surface area contributed by atoms with Gasteiger partial charge in [-0.15, -0.1) is 0 Å². The van der Waals surface area contributed by atoms with Crippen LogP contribution in [-0.2, 0) is 15.6 Å². The molecule has 1 aliphatic rings. The van der Waals surface area contributed by atoms with Crippen LogP contribution in [0.5, 0.6) is 0 Å². The molecule has 1 heterocycles. The number of hydrogen-bond donors (Lipinski definition) is 0. The van der Waals surface area contributed by atoms with Gasteiger partial charge in [0.1, 0.15) is 5.82 Å². The zero-order valence-electron chi connectivity index (χ0n) is 16.5. The number of halogens is 2. The molecule has 1 saturated heterocycles. The van der Waals surface area contributed by atoms with Crippen molar-refractivity contribution in [3.8, 4) is 0 Å². The van der Waals surface area contributed by atoms with E-state index in [1.807, 2.05) is 42.5 Å². The monoisotopic (exact) mass is 443 g/mol. The highest BCUT2D eigenvalue weighted by Gasteiger charge is 2.27. The zero-order valence-corrected chi connectivity index (χ0v) is 18.0.